The zero-order valence-electron chi connectivity index (χ0n) is 12.6. The highest BCUT2D eigenvalue weighted by Gasteiger charge is 2.15. The lowest BCUT2D eigenvalue weighted by Gasteiger charge is -2.01. The van der Waals surface area contributed by atoms with Crippen LogP contribution in [0.25, 0.3) is 11.3 Å². The molecule has 0 spiro atoms. The summed E-state index contributed by atoms with van der Waals surface area (Å²) in [6.45, 7) is 9.50. The Balaban J connectivity index is 2.10. The third-order valence-corrected chi connectivity index (χ3v) is 4.10. The molecule has 0 aromatic carbocycles. The first kappa shape index (κ1) is 15.2. The van der Waals surface area contributed by atoms with Crippen molar-refractivity contribution >= 4 is 11.3 Å². The predicted molar refractivity (Wildman–Crippen MR) is 82.1 cm³/mol. The minimum absolute atomic E-state index is 0.722. The van der Waals surface area contributed by atoms with E-state index in [0.717, 1.165) is 42.6 Å². The van der Waals surface area contributed by atoms with Crippen LogP contribution in [-0.4, -0.2) is 35.0 Å². The third-order valence-electron chi connectivity index (χ3n) is 3.25. The molecule has 2 heterocycles. The summed E-state index contributed by atoms with van der Waals surface area (Å²) >= 11 is 1.69. The average Bonchev–Trinajstić information content (AvgIpc) is 2.99. The zero-order valence-corrected chi connectivity index (χ0v) is 13.4. The Morgan fingerprint density at radius 3 is 2.85 bits per heavy atom. The molecule has 5 nitrogen and oxygen atoms in total. The lowest BCUT2D eigenvalue weighted by Crippen LogP contribution is -2.18. The Morgan fingerprint density at radius 1 is 1.40 bits per heavy atom. The molecule has 2 aromatic heterocycles. The van der Waals surface area contributed by atoms with E-state index in [2.05, 4.69) is 29.6 Å². The second kappa shape index (κ2) is 6.97. The number of methoxy groups -OCH3 is 1. The summed E-state index contributed by atoms with van der Waals surface area (Å²) in [5.41, 5.74) is 4.45. The summed E-state index contributed by atoms with van der Waals surface area (Å²) in [4.78, 5) is 4.71. The van der Waals surface area contributed by atoms with Crippen LogP contribution in [0.2, 0.25) is 0 Å². The second-order valence-electron chi connectivity index (χ2n) is 4.66. The highest BCUT2D eigenvalue weighted by Crippen LogP contribution is 2.28. The molecular weight excluding hydrogens is 272 g/mol. The molecule has 0 saturated carbocycles. The van der Waals surface area contributed by atoms with Gasteiger partial charge >= 0.3 is 0 Å². The van der Waals surface area contributed by atoms with Crippen LogP contribution in [0, 0.1) is 13.8 Å². The van der Waals surface area contributed by atoms with Crippen LogP contribution in [0.15, 0.2) is 5.38 Å². The van der Waals surface area contributed by atoms with E-state index in [1.165, 1.54) is 11.3 Å². The maximum atomic E-state index is 5.01. The summed E-state index contributed by atoms with van der Waals surface area (Å²) in [6.07, 6.45) is 0. The summed E-state index contributed by atoms with van der Waals surface area (Å²) in [5.74, 6) is 0. The van der Waals surface area contributed by atoms with Gasteiger partial charge in [0.15, 0.2) is 0 Å². The Kier molecular flexibility index (Phi) is 5.28. The van der Waals surface area contributed by atoms with E-state index in [4.69, 9.17) is 9.72 Å². The van der Waals surface area contributed by atoms with Crippen LogP contribution in [0.1, 0.15) is 23.3 Å². The Morgan fingerprint density at radius 2 is 2.20 bits per heavy atom. The SMILES string of the molecule is CCn1nc(C)c(-c2csc(CNCCOC)n2)c1C. The van der Waals surface area contributed by atoms with Gasteiger partial charge in [0, 0.05) is 43.4 Å². The van der Waals surface area contributed by atoms with E-state index in [9.17, 15) is 0 Å². The van der Waals surface area contributed by atoms with Crippen molar-refractivity contribution in [2.24, 2.45) is 0 Å². The van der Waals surface area contributed by atoms with Gasteiger partial charge < -0.3 is 10.1 Å². The minimum atomic E-state index is 0.722. The largest absolute Gasteiger partial charge is 0.383 e. The third kappa shape index (κ3) is 3.26. The van der Waals surface area contributed by atoms with Gasteiger partial charge in [0.25, 0.3) is 0 Å². The fourth-order valence-electron chi connectivity index (χ4n) is 2.25. The smallest absolute Gasteiger partial charge is 0.107 e. The van der Waals surface area contributed by atoms with Gasteiger partial charge in [-0.15, -0.1) is 11.3 Å². The number of ether oxygens (including phenoxy) is 1. The van der Waals surface area contributed by atoms with Gasteiger partial charge in [-0.25, -0.2) is 4.98 Å². The first-order chi connectivity index (χ1) is 9.67. The number of aryl methyl sites for hydroxylation is 2. The van der Waals surface area contributed by atoms with Crippen LogP contribution >= 0.6 is 11.3 Å². The van der Waals surface area contributed by atoms with Crippen LogP contribution < -0.4 is 5.32 Å². The molecule has 20 heavy (non-hydrogen) atoms. The topological polar surface area (TPSA) is 52.0 Å². The Labute approximate surface area is 124 Å². The van der Waals surface area contributed by atoms with Crippen molar-refractivity contribution in [2.45, 2.75) is 33.9 Å². The fourth-order valence-corrected chi connectivity index (χ4v) is 3.01. The van der Waals surface area contributed by atoms with Crippen LogP contribution in [0.5, 0.6) is 0 Å². The van der Waals surface area contributed by atoms with Gasteiger partial charge in [-0.2, -0.15) is 5.10 Å². The molecule has 0 radical (unpaired) electrons. The van der Waals surface area contributed by atoms with E-state index in [1.807, 2.05) is 11.6 Å². The molecular formula is C14H22N4OS. The van der Waals surface area contributed by atoms with Crippen molar-refractivity contribution in [2.75, 3.05) is 20.3 Å². The molecule has 0 unspecified atom stereocenters. The average molecular weight is 294 g/mol. The molecule has 0 amide bonds. The van der Waals surface area contributed by atoms with Gasteiger partial charge in [-0.05, 0) is 20.8 Å². The van der Waals surface area contributed by atoms with Crippen molar-refractivity contribution in [1.29, 1.82) is 0 Å². The molecule has 110 valence electrons. The molecule has 0 atom stereocenters. The molecule has 0 bridgehead atoms. The van der Waals surface area contributed by atoms with E-state index in [1.54, 1.807) is 18.4 Å². The fraction of sp³-hybridized carbons (Fsp3) is 0.571. The normalized spacial score (nSPS) is 11.2. The van der Waals surface area contributed by atoms with Gasteiger partial charge in [0.1, 0.15) is 5.01 Å². The number of aromatic nitrogens is 3. The minimum Gasteiger partial charge on any atom is -0.383 e. The summed E-state index contributed by atoms with van der Waals surface area (Å²) < 4.78 is 7.04. The van der Waals surface area contributed by atoms with Gasteiger partial charge in [-0.3, -0.25) is 4.68 Å². The molecule has 0 aliphatic heterocycles. The standard InChI is InChI=1S/C14H22N4OS/c1-5-18-11(3)14(10(2)17-18)12-9-20-13(16-12)8-15-6-7-19-4/h9,15H,5-8H2,1-4H3. The maximum absolute atomic E-state index is 5.01. The van der Waals surface area contributed by atoms with Gasteiger partial charge in [-0.1, -0.05) is 0 Å². The number of nitrogens with zero attached hydrogens (tertiary/aromatic N) is 3. The first-order valence-electron chi connectivity index (χ1n) is 6.85. The zero-order chi connectivity index (χ0) is 14.5. The Bertz CT molecular complexity index is 562. The van der Waals surface area contributed by atoms with E-state index < -0.39 is 0 Å². The molecule has 0 fully saturated rings. The number of thiazole rings is 1. The van der Waals surface area contributed by atoms with E-state index in [-0.39, 0.29) is 0 Å². The highest BCUT2D eigenvalue weighted by atomic mass is 32.1. The van der Waals surface area contributed by atoms with Crippen molar-refractivity contribution in [3.8, 4) is 11.3 Å². The second-order valence-corrected chi connectivity index (χ2v) is 5.60. The molecule has 0 saturated heterocycles. The molecule has 2 aromatic rings. The number of rotatable bonds is 7. The predicted octanol–water partition coefficient (Wildman–Crippen LogP) is 2.38. The number of hydrogen-bond donors (Lipinski definition) is 1. The van der Waals surface area contributed by atoms with Crippen molar-refractivity contribution < 1.29 is 4.74 Å². The number of nitrogens with one attached hydrogen (secondary N) is 1. The van der Waals surface area contributed by atoms with Gasteiger partial charge in [0.2, 0.25) is 0 Å². The summed E-state index contributed by atoms with van der Waals surface area (Å²) in [5, 5.41) is 11.1. The van der Waals surface area contributed by atoms with Crippen LogP contribution in [-0.2, 0) is 17.8 Å². The summed E-state index contributed by atoms with van der Waals surface area (Å²) in [7, 11) is 1.71. The van der Waals surface area contributed by atoms with Crippen molar-refractivity contribution in [3.05, 3.63) is 21.8 Å². The number of hydrogen-bond acceptors (Lipinski definition) is 5. The lowest BCUT2D eigenvalue weighted by atomic mass is 10.1. The van der Waals surface area contributed by atoms with Gasteiger partial charge in [0.05, 0.1) is 18.0 Å². The van der Waals surface area contributed by atoms with Crippen LogP contribution in [0.3, 0.4) is 0 Å². The molecule has 0 aliphatic carbocycles. The van der Waals surface area contributed by atoms with E-state index >= 15 is 0 Å². The van der Waals surface area contributed by atoms with Crippen LogP contribution in [0.4, 0.5) is 0 Å². The first-order valence-corrected chi connectivity index (χ1v) is 7.73. The molecule has 6 heteroatoms. The highest BCUT2D eigenvalue weighted by molar-refractivity contribution is 7.09. The monoisotopic (exact) mass is 294 g/mol. The lowest BCUT2D eigenvalue weighted by molar-refractivity contribution is 0.199. The molecule has 2 rings (SSSR count). The maximum Gasteiger partial charge on any atom is 0.107 e. The quantitative estimate of drug-likeness (QED) is 0.797. The molecule has 0 aliphatic rings. The van der Waals surface area contributed by atoms with Crippen molar-refractivity contribution in [1.82, 2.24) is 20.1 Å². The summed E-state index contributed by atoms with van der Waals surface area (Å²) in [6, 6.07) is 0. The van der Waals surface area contributed by atoms with E-state index in [0.29, 0.717) is 0 Å². The Hall–Kier alpha value is -1.24. The molecule has 1 N–H and O–H groups in total. The van der Waals surface area contributed by atoms with Crippen molar-refractivity contribution in [3.63, 3.8) is 0 Å².